The lowest BCUT2D eigenvalue weighted by Gasteiger charge is -2.38. The Balaban J connectivity index is 2.84. The monoisotopic (exact) mass is 392 g/mol. The molecule has 0 fully saturated rings. The van der Waals surface area contributed by atoms with Gasteiger partial charge in [0, 0.05) is 5.92 Å². The van der Waals surface area contributed by atoms with Gasteiger partial charge in [-0.1, -0.05) is 76.6 Å². The van der Waals surface area contributed by atoms with E-state index in [1.165, 1.54) is 5.56 Å². The molecule has 0 aliphatic carbocycles. The maximum Gasteiger partial charge on any atom is 0.192 e. The Kier molecular flexibility index (Phi) is 11.2. The normalized spacial score (nSPS) is 16.2. The summed E-state index contributed by atoms with van der Waals surface area (Å²) in [6, 6.07) is 13.7. The lowest BCUT2D eigenvalue weighted by Crippen LogP contribution is -2.45. The van der Waals surface area contributed by atoms with Crippen molar-refractivity contribution in [1.82, 2.24) is 0 Å². The van der Waals surface area contributed by atoms with Crippen molar-refractivity contribution in [1.29, 1.82) is 0 Å². The smallest absolute Gasteiger partial charge is 0.192 e. The zero-order valence-electron chi connectivity index (χ0n) is 18.2. The molecule has 1 N–H and O–H groups in total. The molecule has 0 bridgehead atoms. The summed E-state index contributed by atoms with van der Waals surface area (Å²) in [4.78, 5) is 0. The van der Waals surface area contributed by atoms with Gasteiger partial charge in [0.15, 0.2) is 8.32 Å². The molecular weight excluding hydrogens is 352 g/mol. The molecule has 0 aliphatic heterocycles. The summed E-state index contributed by atoms with van der Waals surface area (Å²) in [5, 5.41) is 9.42. The van der Waals surface area contributed by atoms with E-state index in [9.17, 15) is 5.11 Å². The number of hydrogen-bond acceptors (Lipinski definition) is 3. The molecule has 27 heavy (non-hydrogen) atoms. The molecule has 0 aliphatic rings. The fourth-order valence-electron chi connectivity index (χ4n) is 3.66. The van der Waals surface area contributed by atoms with Crippen LogP contribution in [0.1, 0.15) is 47.1 Å². The first-order valence-corrected chi connectivity index (χ1v) is 13.0. The molecule has 0 heterocycles. The third-order valence-corrected chi connectivity index (χ3v) is 10.3. The maximum atomic E-state index is 9.42. The van der Waals surface area contributed by atoms with Crippen LogP contribution in [0.4, 0.5) is 0 Å². The summed E-state index contributed by atoms with van der Waals surface area (Å²) in [5.41, 5.74) is 2.20. The van der Waals surface area contributed by atoms with Gasteiger partial charge in [0.05, 0.1) is 25.9 Å². The van der Waals surface area contributed by atoms with Crippen LogP contribution in [0.5, 0.6) is 0 Å². The molecule has 3 nitrogen and oxygen atoms in total. The summed E-state index contributed by atoms with van der Waals surface area (Å²) in [7, 11) is -1.72. The Labute approximate surface area is 167 Å². The molecule has 1 rings (SSSR count). The van der Waals surface area contributed by atoms with Crippen molar-refractivity contribution in [2.45, 2.75) is 72.4 Å². The number of aliphatic hydroxyl groups excluding tert-OH is 1. The fraction of sp³-hybridized carbons (Fsp3) is 0.652. The van der Waals surface area contributed by atoms with Crippen LogP contribution in [0.15, 0.2) is 42.0 Å². The number of hydrogen-bond donors (Lipinski definition) is 1. The first-order chi connectivity index (χ1) is 12.9. The predicted molar refractivity (Wildman–Crippen MR) is 117 cm³/mol. The molecule has 0 unspecified atom stereocenters. The molecule has 4 heteroatoms. The van der Waals surface area contributed by atoms with Crippen LogP contribution in [0, 0.1) is 11.8 Å². The molecule has 3 atom stereocenters. The van der Waals surface area contributed by atoms with Crippen LogP contribution in [0.3, 0.4) is 0 Å². The van der Waals surface area contributed by atoms with Crippen LogP contribution < -0.4 is 0 Å². The van der Waals surface area contributed by atoms with Crippen LogP contribution >= 0.6 is 0 Å². The average molecular weight is 393 g/mol. The Morgan fingerprint density at radius 2 is 1.67 bits per heavy atom. The van der Waals surface area contributed by atoms with E-state index < -0.39 is 8.32 Å². The molecule has 0 saturated heterocycles. The van der Waals surface area contributed by atoms with Crippen molar-refractivity contribution >= 4 is 8.32 Å². The molecule has 1 aromatic rings. The highest BCUT2D eigenvalue weighted by molar-refractivity contribution is 6.73. The number of aliphatic hydroxyl groups is 1. The topological polar surface area (TPSA) is 38.7 Å². The molecule has 0 amide bonds. The van der Waals surface area contributed by atoms with Crippen molar-refractivity contribution in [3.05, 3.63) is 47.5 Å². The van der Waals surface area contributed by atoms with Gasteiger partial charge in [0.1, 0.15) is 0 Å². The van der Waals surface area contributed by atoms with Gasteiger partial charge in [-0.3, -0.25) is 0 Å². The molecule has 0 spiro atoms. The minimum absolute atomic E-state index is 0.105. The van der Waals surface area contributed by atoms with Gasteiger partial charge in [-0.15, -0.1) is 0 Å². The Hall–Kier alpha value is -0.943. The summed E-state index contributed by atoms with van der Waals surface area (Å²) >= 11 is 0. The highest BCUT2D eigenvalue weighted by Gasteiger charge is 2.35. The van der Waals surface area contributed by atoms with Crippen molar-refractivity contribution in [2.24, 2.45) is 11.8 Å². The second kappa shape index (κ2) is 12.5. The standard InChI is InChI=1S/C23H40O3Si/c1-7-27(8-2,9-3)26-23(20(5)15-19(4)16-24)21(6)17-25-18-22-13-11-10-12-14-22/h10-15,20-21,23-24H,7-9,16-18H2,1-6H3/b19-15+/t20-,21-,23+/m0/s1. The van der Waals surface area contributed by atoms with Crippen molar-refractivity contribution in [3.63, 3.8) is 0 Å². The second-order valence-electron chi connectivity index (χ2n) is 7.83. The first-order valence-electron chi connectivity index (χ1n) is 10.5. The van der Waals surface area contributed by atoms with Gasteiger partial charge in [-0.2, -0.15) is 0 Å². The zero-order valence-corrected chi connectivity index (χ0v) is 19.2. The van der Waals surface area contributed by atoms with Gasteiger partial charge in [-0.05, 0) is 36.5 Å². The first kappa shape index (κ1) is 24.1. The number of benzene rings is 1. The van der Waals surface area contributed by atoms with Crippen LogP contribution in [0.2, 0.25) is 18.1 Å². The van der Waals surface area contributed by atoms with E-state index in [4.69, 9.17) is 9.16 Å². The van der Waals surface area contributed by atoms with Gasteiger partial charge in [0.25, 0.3) is 0 Å². The van der Waals surface area contributed by atoms with Crippen molar-refractivity contribution in [2.75, 3.05) is 13.2 Å². The highest BCUT2D eigenvalue weighted by atomic mass is 28.4. The van der Waals surface area contributed by atoms with E-state index in [-0.39, 0.29) is 18.6 Å². The SMILES string of the molecule is CC[Si](CC)(CC)O[C@H]([C@@H](C)/C=C(\C)CO)[C@@H](C)COCc1ccccc1. The van der Waals surface area contributed by atoms with Crippen LogP contribution in [0.25, 0.3) is 0 Å². The van der Waals surface area contributed by atoms with Crippen LogP contribution in [-0.2, 0) is 15.8 Å². The lowest BCUT2D eigenvalue weighted by molar-refractivity contribution is 0.0204. The number of rotatable bonds is 13. The van der Waals surface area contributed by atoms with E-state index in [1.807, 2.05) is 25.1 Å². The minimum atomic E-state index is -1.72. The van der Waals surface area contributed by atoms with Crippen molar-refractivity contribution < 1.29 is 14.3 Å². The van der Waals surface area contributed by atoms with Gasteiger partial charge < -0.3 is 14.3 Å². The van der Waals surface area contributed by atoms with E-state index in [0.29, 0.717) is 19.1 Å². The van der Waals surface area contributed by atoms with E-state index in [0.717, 1.165) is 23.7 Å². The third-order valence-electron chi connectivity index (χ3n) is 5.69. The quantitative estimate of drug-likeness (QED) is 0.340. The Morgan fingerprint density at radius 3 is 2.19 bits per heavy atom. The zero-order chi connectivity index (χ0) is 20.3. The molecule has 0 aromatic heterocycles. The summed E-state index contributed by atoms with van der Waals surface area (Å²) in [5.74, 6) is 0.548. The van der Waals surface area contributed by atoms with E-state index in [1.54, 1.807) is 0 Å². The maximum absolute atomic E-state index is 9.42. The lowest BCUT2D eigenvalue weighted by atomic mass is 9.92. The van der Waals surface area contributed by atoms with Gasteiger partial charge >= 0.3 is 0 Å². The largest absolute Gasteiger partial charge is 0.413 e. The van der Waals surface area contributed by atoms with Gasteiger partial charge in [-0.25, -0.2) is 0 Å². The fourth-order valence-corrected chi connectivity index (χ4v) is 6.68. The Morgan fingerprint density at radius 1 is 1.07 bits per heavy atom. The molecule has 154 valence electrons. The van der Waals surface area contributed by atoms with E-state index >= 15 is 0 Å². The summed E-state index contributed by atoms with van der Waals surface area (Å²) < 4.78 is 12.9. The molecule has 0 radical (unpaired) electrons. The number of ether oxygens (including phenoxy) is 1. The molecule has 1 aromatic carbocycles. The molecular formula is C23H40O3Si. The van der Waals surface area contributed by atoms with Crippen LogP contribution in [-0.4, -0.2) is 32.7 Å². The highest BCUT2D eigenvalue weighted by Crippen LogP contribution is 2.30. The Bertz CT molecular complexity index is 532. The van der Waals surface area contributed by atoms with E-state index in [2.05, 4.69) is 52.8 Å². The van der Waals surface area contributed by atoms with Crippen molar-refractivity contribution in [3.8, 4) is 0 Å². The third kappa shape index (κ3) is 7.90. The summed E-state index contributed by atoms with van der Waals surface area (Å²) in [6.45, 7) is 14.6. The van der Waals surface area contributed by atoms with Gasteiger partial charge in [0.2, 0.25) is 0 Å². The predicted octanol–water partition coefficient (Wildman–Crippen LogP) is 5.80. The minimum Gasteiger partial charge on any atom is -0.413 e. The molecule has 0 saturated carbocycles. The summed E-state index contributed by atoms with van der Waals surface area (Å²) in [6.07, 6.45) is 2.28. The second-order valence-corrected chi connectivity index (χ2v) is 12.6. The average Bonchev–Trinajstić information content (AvgIpc) is 2.70.